The first-order chi connectivity index (χ1) is 11.3. The second-order valence-corrected chi connectivity index (χ2v) is 7.37. The zero-order chi connectivity index (χ0) is 17.3. The van der Waals surface area contributed by atoms with Gasteiger partial charge >= 0.3 is 6.09 Å². The molecule has 3 rings (SSSR count). The summed E-state index contributed by atoms with van der Waals surface area (Å²) >= 11 is 6.17. The standard InChI is InChI=1S/C18H21ClN2O3/c1-18(2,3)24-17(22)21-8-6-14(11-21)23-15-10-13(19)9-12-5-4-7-20-16(12)15/h4-5,7,9-10,14H,6,8,11H2,1-3H3. The Bertz CT molecular complexity index is 758. The number of likely N-dealkylation sites (tertiary alicyclic amines) is 1. The van der Waals surface area contributed by atoms with Crippen molar-refractivity contribution in [2.24, 2.45) is 0 Å². The molecule has 0 spiro atoms. The molecule has 24 heavy (non-hydrogen) atoms. The first-order valence-corrected chi connectivity index (χ1v) is 8.38. The lowest BCUT2D eigenvalue weighted by molar-refractivity contribution is 0.0276. The van der Waals surface area contributed by atoms with E-state index in [0.717, 1.165) is 17.3 Å². The SMILES string of the molecule is CC(C)(C)OC(=O)N1CCC(Oc2cc(Cl)cc3cccnc23)C1. The Labute approximate surface area is 146 Å². The van der Waals surface area contributed by atoms with Crippen molar-refractivity contribution in [1.29, 1.82) is 0 Å². The predicted octanol–water partition coefficient (Wildman–Crippen LogP) is 4.28. The van der Waals surface area contributed by atoms with Crippen LogP contribution in [0.15, 0.2) is 30.5 Å². The molecular formula is C18H21ClN2O3. The van der Waals surface area contributed by atoms with Gasteiger partial charge in [-0.1, -0.05) is 17.7 Å². The molecule has 0 aliphatic carbocycles. The molecular weight excluding hydrogens is 328 g/mol. The number of fused-ring (bicyclic) bond motifs is 1. The molecule has 128 valence electrons. The van der Waals surface area contributed by atoms with Crippen LogP contribution in [-0.4, -0.2) is 40.8 Å². The summed E-state index contributed by atoms with van der Waals surface area (Å²) in [5.41, 5.74) is 0.279. The largest absolute Gasteiger partial charge is 0.486 e. The van der Waals surface area contributed by atoms with Crippen molar-refractivity contribution in [2.45, 2.75) is 38.9 Å². The van der Waals surface area contributed by atoms with Gasteiger partial charge in [0, 0.05) is 35.6 Å². The summed E-state index contributed by atoms with van der Waals surface area (Å²) in [6, 6.07) is 7.44. The summed E-state index contributed by atoms with van der Waals surface area (Å²) in [4.78, 5) is 18.2. The van der Waals surface area contributed by atoms with Crippen LogP contribution in [0, 0.1) is 0 Å². The highest BCUT2D eigenvalue weighted by Gasteiger charge is 2.31. The second-order valence-electron chi connectivity index (χ2n) is 6.93. The summed E-state index contributed by atoms with van der Waals surface area (Å²) in [6.45, 7) is 6.69. The van der Waals surface area contributed by atoms with Crippen molar-refractivity contribution in [3.05, 3.63) is 35.5 Å². The van der Waals surface area contributed by atoms with E-state index in [1.165, 1.54) is 0 Å². The molecule has 1 aromatic carbocycles. The Morgan fingerprint density at radius 3 is 2.92 bits per heavy atom. The molecule has 1 unspecified atom stereocenters. The molecule has 2 heterocycles. The molecule has 5 nitrogen and oxygen atoms in total. The fourth-order valence-electron chi connectivity index (χ4n) is 2.71. The zero-order valence-electron chi connectivity index (χ0n) is 14.1. The highest BCUT2D eigenvalue weighted by Crippen LogP contribution is 2.30. The Morgan fingerprint density at radius 1 is 1.38 bits per heavy atom. The first-order valence-electron chi connectivity index (χ1n) is 8.01. The molecule has 1 saturated heterocycles. The number of halogens is 1. The minimum Gasteiger partial charge on any atom is -0.486 e. The van der Waals surface area contributed by atoms with Crippen LogP contribution in [0.3, 0.4) is 0 Å². The summed E-state index contributed by atoms with van der Waals surface area (Å²) in [5, 5.41) is 1.54. The van der Waals surface area contributed by atoms with Crippen LogP contribution in [0.2, 0.25) is 5.02 Å². The third-order valence-corrected chi connectivity index (χ3v) is 3.94. The van der Waals surface area contributed by atoms with Crippen molar-refractivity contribution in [3.8, 4) is 5.75 Å². The van der Waals surface area contributed by atoms with Gasteiger partial charge in [0.15, 0.2) is 0 Å². The van der Waals surface area contributed by atoms with Gasteiger partial charge < -0.3 is 14.4 Å². The number of hydrogen-bond acceptors (Lipinski definition) is 4. The zero-order valence-corrected chi connectivity index (χ0v) is 14.8. The van der Waals surface area contributed by atoms with Gasteiger partial charge in [0.2, 0.25) is 0 Å². The average Bonchev–Trinajstić information content (AvgIpc) is 2.94. The van der Waals surface area contributed by atoms with Crippen molar-refractivity contribution < 1.29 is 14.3 Å². The molecule has 0 saturated carbocycles. The lowest BCUT2D eigenvalue weighted by atomic mass is 10.2. The van der Waals surface area contributed by atoms with E-state index < -0.39 is 5.60 Å². The summed E-state index contributed by atoms with van der Waals surface area (Å²) in [5.74, 6) is 0.647. The number of carbonyl (C=O) groups is 1. The lowest BCUT2D eigenvalue weighted by Crippen LogP contribution is -2.36. The molecule has 2 aromatic rings. The van der Waals surface area contributed by atoms with Crippen LogP contribution in [0.5, 0.6) is 5.75 Å². The quantitative estimate of drug-likeness (QED) is 0.813. The van der Waals surface area contributed by atoms with E-state index >= 15 is 0 Å². The lowest BCUT2D eigenvalue weighted by Gasteiger charge is -2.24. The highest BCUT2D eigenvalue weighted by molar-refractivity contribution is 6.31. The number of hydrogen-bond donors (Lipinski definition) is 0. The Kier molecular flexibility index (Phi) is 4.54. The minimum absolute atomic E-state index is 0.0961. The normalized spacial score (nSPS) is 18.0. The molecule has 1 aliphatic heterocycles. The number of pyridine rings is 1. The maximum atomic E-state index is 12.1. The van der Waals surface area contributed by atoms with E-state index in [4.69, 9.17) is 21.1 Å². The van der Waals surface area contributed by atoms with E-state index in [1.807, 2.05) is 39.0 Å². The molecule has 0 radical (unpaired) electrons. The number of aromatic nitrogens is 1. The second kappa shape index (κ2) is 6.48. The van der Waals surface area contributed by atoms with E-state index in [-0.39, 0.29) is 12.2 Å². The molecule has 0 N–H and O–H groups in total. The highest BCUT2D eigenvalue weighted by atomic mass is 35.5. The van der Waals surface area contributed by atoms with E-state index in [2.05, 4.69) is 4.98 Å². The van der Waals surface area contributed by atoms with Crippen molar-refractivity contribution in [3.63, 3.8) is 0 Å². The maximum Gasteiger partial charge on any atom is 0.410 e. The van der Waals surface area contributed by atoms with Gasteiger partial charge in [-0.2, -0.15) is 0 Å². The first kappa shape index (κ1) is 16.8. The third kappa shape index (κ3) is 3.90. The summed E-state index contributed by atoms with van der Waals surface area (Å²) in [6.07, 6.45) is 2.08. The van der Waals surface area contributed by atoms with Crippen LogP contribution >= 0.6 is 11.6 Å². The van der Waals surface area contributed by atoms with Crippen molar-refractivity contribution in [2.75, 3.05) is 13.1 Å². The predicted molar refractivity (Wildman–Crippen MR) is 93.6 cm³/mol. The number of rotatable bonds is 2. The van der Waals surface area contributed by atoms with Gasteiger partial charge in [0.1, 0.15) is 23.0 Å². The molecule has 1 aliphatic rings. The molecule has 1 amide bonds. The van der Waals surface area contributed by atoms with Gasteiger partial charge in [-0.05, 0) is 32.9 Å². The molecule has 0 bridgehead atoms. The monoisotopic (exact) mass is 348 g/mol. The van der Waals surface area contributed by atoms with Crippen LogP contribution in [-0.2, 0) is 4.74 Å². The van der Waals surface area contributed by atoms with E-state index in [0.29, 0.717) is 23.9 Å². The minimum atomic E-state index is -0.497. The smallest absolute Gasteiger partial charge is 0.410 e. The van der Waals surface area contributed by atoms with Crippen LogP contribution in [0.1, 0.15) is 27.2 Å². The number of benzene rings is 1. The summed E-state index contributed by atoms with van der Waals surface area (Å²) in [7, 11) is 0. The molecule has 6 heteroatoms. The fraction of sp³-hybridized carbons (Fsp3) is 0.444. The van der Waals surface area contributed by atoms with Crippen molar-refractivity contribution in [1.82, 2.24) is 9.88 Å². The molecule has 1 aromatic heterocycles. The molecule has 1 fully saturated rings. The van der Waals surface area contributed by atoms with E-state index in [9.17, 15) is 4.79 Å². The molecule has 1 atom stereocenters. The van der Waals surface area contributed by atoms with Crippen LogP contribution in [0.4, 0.5) is 4.79 Å². The number of nitrogens with zero attached hydrogens (tertiary/aromatic N) is 2. The van der Waals surface area contributed by atoms with Crippen LogP contribution in [0.25, 0.3) is 10.9 Å². The maximum absolute atomic E-state index is 12.1. The van der Waals surface area contributed by atoms with Gasteiger partial charge in [0.25, 0.3) is 0 Å². The number of ether oxygens (including phenoxy) is 2. The van der Waals surface area contributed by atoms with Crippen LogP contribution < -0.4 is 4.74 Å². The summed E-state index contributed by atoms with van der Waals surface area (Å²) < 4.78 is 11.5. The Morgan fingerprint density at radius 2 is 2.17 bits per heavy atom. The van der Waals surface area contributed by atoms with Gasteiger partial charge in [-0.25, -0.2) is 4.79 Å². The fourth-order valence-corrected chi connectivity index (χ4v) is 2.93. The Hall–Kier alpha value is -2.01. The Balaban J connectivity index is 1.71. The van der Waals surface area contributed by atoms with Gasteiger partial charge in [0.05, 0.1) is 6.54 Å². The number of amides is 1. The number of carbonyl (C=O) groups excluding carboxylic acids is 1. The van der Waals surface area contributed by atoms with E-state index in [1.54, 1.807) is 17.2 Å². The van der Waals surface area contributed by atoms with Crippen molar-refractivity contribution >= 4 is 28.6 Å². The van der Waals surface area contributed by atoms with Gasteiger partial charge in [-0.15, -0.1) is 0 Å². The third-order valence-electron chi connectivity index (χ3n) is 3.73. The average molecular weight is 349 g/mol. The topological polar surface area (TPSA) is 51.7 Å². The van der Waals surface area contributed by atoms with Gasteiger partial charge in [-0.3, -0.25) is 4.98 Å².